The molecule has 0 aromatic heterocycles. The minimum atomic E-state index is 0. The summed E-state index contributed by atoms with van der Waals surface area (Å²) in [6, 6.07) is 1.000. The summed E-state index contributed by atoms with van der Waals surface area (Å²) < 4.78 is 0. The molecule has 0 fully saturated rings. The van der Waals surface area contributed by atoms with Gasteiger partial charge in [-0.3, -0.25) is 0 Å². The quantitative estimate of drug-likeness (QED) is 0.729. The Labute approximate surface area is 98.4 Å². The standard InChI is InChI=1S/C6H14N.C4H10O.Ti/c1-5(2)7-6(3)4;1-2-3-4-5;/h5-6H,1-4H3;5H,2-4H2,1H3;/q-1;;. The van der Waals surface area contributed by atoms with Crippen LogP contribution in [0.1, 0.15) is 47.5 Å². The van der Waals surface area contributed by atoms with Crippen LogP contribution in [0.25, 0.3) is 5.32 Å². The van der Waals surface area contributed by atoms with E-state index in [-0.39, 0.29) is 21.7 Å². The van der Waals surface area contributed by atoms with Gasteiger partial charge in [0.25, 0.3) is 0 Å². The molecule has 0 spiro atoms. The molecule has 0 amide bonds. The molecular formula is C10H24NOTi-. The molecule has 0 aromatic carbocycles. The monoisotopic (exact) mass is 222 g/mol. The van der Waals surface area contributed by atoms with Crippen LogP contribution < -0.4 is 0 Å². The van der Waals surface area contributed by atoms with Gasteiger partial charge >= 0.3 is 0 Å². The largest absolute Gasteiger partial charge is 0.658 e. The van der Waals surface area contributed by atoms with E-state index in [0.29, 0.717) is 18.7 Å². The molecule has 2 nitrogen and oxygen atoms in total. The van der Waals surface area contributed by atoms with Crippen LogP contribution in [0.2, 0.25) is 0 Å². The summed E-state index contributed by atoms with van der Waals surface area (Å²) >= 11 is 0. The van der Waals surface area contributed by atoms with Crippen molar-refractivity contribution in [3.63, 3.8) is 0 Å². The Morgan fingerprint density at radius 1 is 1.08 bits per heavy atom. The molecule has 0 atom stereocenters. The summed E-state index contributed by atoms with van der Waals surface area (Å²) in [4.78, 5) is 0. The van der Waals surface area contributed by atoms with Crippen LogP contribution >= 0.6 is 0 Å². The summed E-state index contributed by atoms with van der Waals surface area (Å²) in [7, 11) is 0. The second kappa shape index (κ2) is 15.1. The zero-order valence-corrected chi connectivity index (χ0v) is 11.2. The molecular weight excluding hydrogens is 198 g/mol. The van der Waals surface area contributed by atoms with E-state index in [9.17, 15) is 0 Å². The topological polar surface area (TPSA) is 34.3 Å². The van der Waals surface area contributed by atoms with Gasteiger partial charge in [-0.2, -0.15) is 0 Å². The first-order chi connectivity index (χ1) is 5.54. The van der Waals surface area contributed by atoms with E-state index in [0.717, 1.165) is 12.8 Å². The average Bonchev–Trinajstić information content (AvgIpc) is 1.87. The maximum Gasteiger partial charge on any atom is 0.0430 e. The number of nitrogens with zero attached hydrogens (tertiary/aromatic N) is 1. The molecule has 13 heavy (non-hydrogen) atoms. The number of aliphatic hydroxyl groups excluding tert-OH is 1. The molecule has 0 saturated carbocycles. The van der Waals surface area contributed by atoms with Crippen LogP contribution in [0.3, 0.4) is 0 Å². The molecule has 0 aliphatic carbocycles. The van der Waals surface area contributed by atoms with Crippen LogP contribution in [-0.4, -0.2) is 23.8 Å². The molecule has 0 aliphatic heterocycles. The van der Waals surface area contributed by atoms with Gasteiger partial charge in [0.15, 0.2) is 0 Å². The molecule has 0 aliphatic rings. The predicted molar refractivity (Wildman–Crippen MR) is 55.6 cm³/mol. The van der Waals surface area contributed by atoms with Gasteiger partial charge in [-0.05, 0) is 6.42 Å². The van der Waals surface area contributed by atoms with Crippen LogP contribution in [-0.2, 0) is 21.7 Å². The summed E-state index contributed by atoms with van der Waals surface area (Å²) in [6.45, 7) is 10.8. The van der Waals surface area contributed by atoms with Gasteiger partial charge in [-0.1, -0.05) is 41.0 Å². The van der Waals surface area contributed by atoms with E-state index >= 15 is 0 Å². The van der Waals surface area contributed by atoms with Crippen molar-refractivity contribution in [2.45, 2.75) is 59.5 Å². The zero-order chi connectivity index (χ0) is 9.98. The second-order valence-electron chi connectivity index (χ2n) is 3.41. The van der Waals surface area contributed by atoms with Gasteiger partial charge in [-0.25, -0.2) is 0 Å². The van der Waals surface area contributed by atoms with Crippen molar-refractivity contribution in [1.29, 1.82) is 0 Å². The van der Waals surface area contributed by atoms with E-state index in [1.54, 1.807) is 0 Å². The molecule has 0 aromatic rings. The van der Waals surface area contributed by atoms with Crippen molar-refractivity contribution in [2.24, 2.45) is 0 Å². The van der Waals surface area contributed by atoms with Crippen molar-refractivity contribution < 1.29 is 26.8 Å². The van der Waals surface area contributed by atoms with Crippen LogP contribution in [0.4, 0.5) is 0 Å². The van der Waals surface area contributed by atoms with Crippen LogP contribution in [0.15, 0.2) is 0 Å². The van der Waals surface area contributed by atoms with Crippen molar-refractivity contribution in [1.82, 2.24) is 0 Å². The number of rotatable bonds is 4. The van der Waals surface area contributed by atoms with Crippen LogP contribution in [0, 0.1) is 0 Å². The number of hydrogen-bond donors (Lipinski definition) is 1. The molecule has 0 unspecified atom stereocenters. The van der Waals surface area contributed by atoms with E-state index in [4.69, 9.17) is 5.11 Å². The van der Waals surface area contributed by atoms with Crippen molar-refractivity contribution in [3.05, 3.63) is 5.32 Å². The Hall–Kier alpha value is 0.634. The molecule has 0 heterocycles. The Kier molecular flexibility index (Phi) is 22.4. The Morgan fingerprint density at radius 3 is 1.46 bits per heavy atom. The molecule has 0 radical (unpaired) electrons. The normalized spacial score (nSPS) is 9.23. The van der Waals surface area contributed by atoms with Gasteiger partial charge in [0, 0.05) is 28.3 Å². The Balaban J connectivity index is -0.000000150. The maximum atomic E-state index is 8.07. The molecule has 0 bridgehead atoms. The van der Waals surface area contributed by atoms with Gasteiger partial charge in [0.1, 0.15) is 0 Å². The fraction of sp³-hybridized carbons (Fsp3) is 1.00. The first-order valence-corrected chi connectivity index (χ1v) is 4.85. The van der Waals surface area contributed by atoms with Crippen molar-refractivity contribution in [3.8, 4) is 0 Å². The predicted octanol–water partition coefficient (Wildman–Crippen LogP) is 2.95. The van der Waals surface area contributed by atoms with E-state index in [1.807, 2.05) is 0 Å². The van der Waals surface area contributed by atoms with E-state index < -0.39 is 0 Å². The van der Waals surface area contributed by atoms with Crippen LogP contribution in [0.5, 0.6) is 0 Å². The van der Waals surface area contributed by atoms with Crippen molar-refractivity contribution in [2.75, 3.05) is 6.61 Å². The third-order valence-corrected chi connectivity index (χ3v) is 1.11. The summed E-state index contributed by atoms with van der Waals surface area (Å²) in [5.74, 6) is 0. The number of hydrogen-bond acceptors (Lipinski definition) is 1. The first-order valence-electron chi connectivity index (χ1n) is 4.85. The molecule has 1 N–H and O–H groups in total. The molecule has 3 heteroatoms. The maximum absolute atomic E-state index is 8.07. The molecule has 0 saturated heterocycles. The van der Waals surface area contributed by atoms with E-state index in [2.05, 4.69) is 39.9 Å². The Morgan fingerprint density at radius 2 is 1.46 bits per heavy atom. The SMILES string of the molecule is CC(C)[N-]C(C)C.CCCCO.[Ti]. The second-order valence-corrected chi connectivity index (χ2v) is 3.41. The van der Waals surface area contributed by atoms with Gasteiger partial charge in [-0.15, -0.1) is 12.1 Å². The summed E-state index contributed by atoms with van der Waals surface area (Å²) in [6.07, 6.45) is 2.04. The minimum Gasteiger partial charge on any atom is -0.658 e. The van der Waals surface area contributed by atoms with Gasteiger partial charge in [0.05, 0.1) is 0 Å². The smallest absolute Gasteiger partial charge is 0.0430 e. The van der Waals surface area contributed by atoms with Crippen molar-refractivity contribution >= 4 is 0 Å². The molecule has 0 rings (SSSR count). The third kappa shape index (κ3) is 32.5. The van der Waals surface area contributed by atoms with Gasteiger partial charge in [0.2, 0.25) is 0 Å². The zero-order valence-electron chi connectivity index (χ0n) is 9.67. The van der Waals surface area contributed by atoms with Gasteiger partial charge < -0.3 is 10.4 Å². The third-order valence-electron chi connectivity index (χ3n) is 1.11. The summed E-state index contributed by atoms with van der Waals surface area (Å²) in [5.41, 5.74) is 0. The average molecular weight is 222 g/mol. The fourth-order valence-corrected chi connectivity index (χ4v) is 0.754. The summed E-state index contributed by atoms with van der Waals surface area (Å²) in [5, 5.41) is 12.3. The van der Waals surface area contributed by atoms with E-state index in [1.165, 1.54) is 0 Å². The number of unbranched alkanes of at least 4 members (excludes halogenated alkanes) is 1. The Bertz CT molecular complexity index is 69.3. The molecule has 80 valence electrons. The number of aliphatic hydroxyl groups is 1. The fourth-order valence-electron chi connectivity index (χ4n) is 0.754. The first kappa shape index (κ1) is 19.2. The minimum absolute atomic E-state index is 0.